The molecular formula is C17H21N. The maximum atomic E-state index is 2.40. The minimum absolute atomic E-state index is 0.445. The van der Waals surface area contributed by atoms with Gasteiger partial charge in [-0.2, -0.15) is 0 Å². The Morgan fingerprint density at radius 3 is 2.11 bits per heavy atom. The summed E-state index contributed by atoms with van der Waals surface area (Å²) in [7, 11) is 0. The fraction of sp³-hybridized carbons (Fsp3) is 0.294. The van der Waals surface area contributed by atoms with Crippen LogP contribution in [0.2, 0.25) is 0 Å². The van der Waals surface area contributed by atoms with Gasteiger partial charge in [0.2, 0.25) is 0 Å². The first-order chi connectivity index (χ1) is 8.74. The summed E-state index contributed by atoms with van der Waals surface area (Å²) in [6, 6.07) is 19.7. The molecule has 18 heavy (non-hydrogen) atoms. The van der Waals surface area contributed by atoms with E-state index in [-0.39, 0.29) is 0 Å². The van der Waals surface area contributed by atoms with Gasteiger partial charge in [0.05, 0.1) is 0 Å². The fourth-order valence-corrected chi connectivity index (χ4v) is 2.35. The van der Waals surface area contributed by atoms with Gasteiger partial charge in [-0.3, -0.25) is 0 Å². The Balaban J connectivity index is 2.49. The van der Waals surface area contributed by atoms with Crippen molar-refractivity contribution in [2.75, 3.05) is 4.90 Å². The monoisotopic (exact) mass is 239 g/mol. The molecule has 0 N–H and O–H groups in total. The van der Waals surface area contributed by atoms with Crippen LogP contribution in [-0.2, 0) is 6.42 Å². The van der Waals surface area contributed by atoms with Crippen LogP contribution in [0.1, 0.15) is 26.3 Å². The third-order valence-electron chi connectivity index (χ3n) is 3.18. The van der Waals surface area contributed by atoms with Gasteiger partial charge in [-0.25, -0.2) is 0 Å². The predicted molar refractivity (Wildman–Crippen MR) is 79.5 cm³/mol. The molecule has 1 heteroatoms. The van der Waals surface area contributed by atoms with E-state index in [1.54, 1.807) is 0 Å². The molecule has 0 spiro atoms. The van der Waals surface area contributed by atoms with Crippen LogP contribution in [0.4, 0.5) is 11.4 Å². The average Bonchev–Trinajstić information content (AvgIpc) is 2.40. The second-order valence-corrected chi connectivity index (χ2v) is 4.78. The first-order valence-corrected chi connectivity index (χ1v) is 6.66. The molecule has 0 fully saturated rings. The second kappa shape index (κ2) is 5.72. The second-order valence-electron chi connectivity index (χ2n) is 4.78. The van der Waals surface area contributed by atoms with Gasteiger partial charge in [-0.15, -0.1) is 0 Å². The highest BCUT2D eigenvalue weighted by Gasteiger charge is 2.14. The first-order valence-electron chi connectivity index (χ1n) is 6.66. The van der Waals surface area contributed by atoms with Crippen molar-refractivity contribution in [3.05, 3.63) is 60.2 Å². The Hall–Kier alpha value is -1.76. The molecule has 0 bridgehead atoms. The lowest BCUT2D eigenvalue weighted by molar-refractivity contribution is 0.784. The molecule has 2 aromatic rings. The summed E-state index contributed by atoms with van der Waals surface area (Å²) in [4.78, 5) is 2.40. The van der Waals surface area contributed by atoms with E-state index in [4.69, 9.17) is 0 Å². The van der Waals surface area contributed by atoms with Crippen LogP contribution < -0.4 is 4.90 Å². The van der Waals surface area contributed by atoms with Crippen LogP contribution in [-0.4, -0.2) is 6.04 Å². The zero-order valence-electron chi connectivity index (χ0n) is 11.4. The van der Waals surface area contributed by atoms with Crippen LogP contribution in [0.25, 0.3) is 0 Å². The number of hydrogen-bond donors (Lipinski definition) is 0. The molecule has 2 aromatic carbocycles. The van der Waals surface area contributed by atoms with Crippen molar-refractivity contribution < 1.29 is 0 Å². The van der Waals surface area contributed by atoms with Crippen molar-refractivity contribution in [1.82, 2.24) is 0 Å². The molecule has 0 radical (unpaired) electrons. The first kappa shape index (κ1) is 12.7. The van der Waals surface area contributed by atoms with E-state index in [2.05, 4.69) is 80.3 Å². The number of hydrogen-bond acceptors (Lipinski definition) is 1. The molecule has 0 aliphatic rings. The molecule has 0 saturated carbocycles. The molecule has 0 heterocycles. The maximum Gasteiger partial charge on any atom is 0.0445 e. The number of benzene rings is 2. The number of rotatable bonds is 4. The van der Waals surface area contributed by atoms with Gasteiger partial charge in [-0.05, 0) is 44.0 Å². The van der Waals surface area contributed by atoms with Gasteiger partial charge in [0.25, 0.3) is 0 Å². The van der Waals surface area contributed by atoms with Crippen molar-refractivity contribution >= 4 is 11.4 Å². The van der Waals surface area contributed by atoms with Gasteiger partial charge in [0, 0.05) is 17.4 Å². The average molecular weight is 239 g/mol. The Morgan fingerprint density at radius 2 is 1.50 bits per heavy atom. The third-order valence-corrected chi connectivity index (χ3v) is 3.18. The summed E-state index contributed by atoms with van der Waals surface area (Å²) >= 11 is 0. The van der Waals surface area contributed by atoms with Crippen LogP contribution >= 0.6 is 0 Å². The molecule has 1 nitrogen and oxygen atoms in total. The van der Waals surface area contributed by atoms with E-state index in [0.29, 0.717) is 6.04 Å². The highest BCUT2D eigenvalue weighted by Crippen LogP contribution is 2.30. The molecule has 0 saturated heterocycles. The summed E-state index contributed by atoms with van der Waals surface area (Å²) in [5, 5.41) is 0. The Bertz CT molecular complexity index is 488. The van der Waals surface area contributed by atoms with E-state index in [1.165, 1.54) is 16.9 Å². The third kappa shape index (κ3) is 2.56. The molecule has 0 unspecified atom stereocenters. The highest BCUT2D eigenvalue weighted by atomic mass is 15.2. The zero-order chi connectivity index (χ0) is 13.0. The number of anilines is 2. The number of nitrogens with zero attached hydrogens (tertiary/aromatic N) is 1. The van der Waals surface area contributed by atoms with E-state index in [0.717, 1.165) is 6.42 Å². The Labute approximate surface area is 110 Å². The molecule has 0 aliphatic carbocycles. The molecular weight excluding hydrogens is 218 g/mol. The van der Waals surface area contributed by atoms with E-state index in [9.17, 15) is 0 Å². The summed E-state index contributed by atoms with van der Waals surface area (Å²) in [5.74, 6) is 0. The van der Waals surface area contributed by atoms with Crippen LogP contribution in [0.3, 0.4) is 0 Å². The summed E-state index contributed by atoms with van der Waals surface area (Å²) in [6.45, 7) is 6.68. The molecule has 94 valence electrons. The quantitative estimate of drug-likeness (QED) is 0.741. The Kier molecular flexibility index (Phi) is 4.03. The highest BCUT2D eigenvalue weighted by molar-refractivity contribution is 5.67. The molecule has 0 aliphatic heterocycles. The van der Waals surface area contributed by atoms with Crippen molar-refractivity contribution in [2.45, 2.75) is 33.2 Å². The number of para-hydroxylation sites is 2. The normalized spacial score (nSPS) is 10.7. The molecule has 0 atom stereocenters. The van der Waals surface area contributed by atoms with E-state index < -0.39 is 0 Å². The number of aryl methyl sites for hydroxylation is 1. The van der Waals surface area contributed by atoms with E-state index in [1.807, 2.05) is 0 Å². The molecule has 2 rings (SSSR count). The lowest BCUT2D eigenvalue weighted by Gasteiger charge is -2.31. The van der Waals surface area contributed by atoms with Crippen molar-refractivity contribution in [2.24, 2.45) is 0 Å². The van der Waals surface area contributed by atoms with Crippen LogP contribution in [0.15, 0.2) is 54.6 Å². The predicted octanol–water partition coefficient (Wildman–Crippen LogP) is 4.80. The van der Waals surface area contributed by atoms with Gasteiger partial charge < -0.3 is 4.90 Å². The Morgan fingerprint density at radius 1 is 0.889 bits per heavy atom. The van der Waals surface area contributed by atoms with Gasteiger partial charge in [-0.1, -0.05) is 43.3 Å². The standard InChI is InChI=1S/C17H21N/c1-4-15-10-8-9-13-17(15)18(14(2)3)16-11-6-5-7-12-16/h5-14H,4H2,1-3H3. The van der Waals surface area contributed by atoms with Gasteiger partial charge in [0.15, 0.2) is 0 Å². The minimum atomic E-state index is 0.445. The maximum absolute atomic E-state index is 2.40. The molecule has 0 amide bonds. The summed E-state index contributed by atoms with van der Waals surface area (Å²) in [6.07, 6.45) is 1.06. The van der Waals surface area contributed by atoms with Gasteiger partial charge >= 0.3 is 0 Å². The van der Waals surface area contributed by atoms with Crippen molar-refractivity contribution in [1.29, 1.82) is 0 Å². The van der Waals surface area contributed by atoms with Crippen LogP contribution in [0, 0.1) is 0 Å². The largest absolute Gasteiger partial charge is 0.339 e. The van der Waals surface area contributed by atoms with Crippen molar-refractivity contribution in [3.63, 3.8) is 0 Å². The zero-order valence-corrected chi connectivity index (χ0v) is 11.4. The smallest absolute Gasteiger partial charge is 0.0445 e. The molecule has 0 aromatic heterocycles. The minimum Gasteiger partial charge on any atom is -0.339 e. The van der Waals surface area contributed by atoms with Crippen molar-refractivity contribution in [3.8, 4) is 0 Å². The lowest BCUT2D eigenvalue weighted by atomic mass is 10.1. The fourth-order valence-electron chi connectivity index (χ4n) is 2.35. The van der Waals surface area contributed by atoms with E-state index >= 15 is 0 Å². The SMILES string of the molecule is CCc1ccccc1N(c1ccccc1)C(C)C. The lowest BCUT2D eigenvalue weighted by Crippen LogP contribution is -2.26. The van der Waals surface area contributed by atoms with Crippen LogP contribution in [0.5, 0.6) is 0 Å². The summed E-state index contributed by atoms with van der Waals surface area (Å²) in [5.41, 5.74) is 3.98. The topological polar surface area (TPSA) is 3.24 Å². The van der Waals surface area contributed by atoms with Gasteiger partial charge in [0.1, 0.15) is 0 Å². The summed E-state index contributed by atoms with van der Waals surface area (Å²) < 4.78 is 0.